The van der Waals surface area contributed by atoms with E-state index in [2.05, 4.69) is 43.1 Å². The molecule has 154 valence electrons. The van der Waals surface area contributed by atoms with Crippen LogP contribution in [0.3, 0.4) is 0 Å². The highest BCUT2D eigenvalue weighted by molar-refractivity contribution is 8.01. The molecule has 1 aromatic heterocycles. The summed E-state index contributed by atoms with van der Waals surface area (Å²) >= 11 is 2.72. The first-order valence-corrected chi connectivity index (χ1v) is 11.3. The summed E-state index contributed by atoms with van der Waals surface area (Å²) in [6.07, 6.45) is 8.51. The van der Waals surface area contributed by atoms with Crippen LogP contribution in [0.5, 0.6) is 0 Å². The number of allylic oxidation sites excluding steroid dienone is 1. The van der Waals surface area contributed by atoms with Crippen LogP contribution in [0.4, 0.5) is 4.79 Å². The molecular weight excluding hydrogens is 398 g/mol. The number of carbonyl (C=O) groups excluding carboxylic acids is 2. The van der Waals surface area contributed by atoms with E-state index in [1.807, 2.05) is 0 Å². The molecule has 0 unspecified atom stereocenters. The van der Waals surface area contributed by atoms with E-state index in [1.54, 1.807) is 4.90 Å². The Balaban J connectivity index is 1.83. The summed E-state index contributed by atoms with van der Waals surface area (Å²) in [6.45, 7) is 7.63. The van der Waals surface area contributed by atoms with E-state index in [4.69, 9.17) is 4.74 Å². The van der Waals surface area contributed by atoms with Crippen molar-refractivity contribution >= 4 is 35.1 Å². The molecule has 1 aromatic rings. The van der Waals surface area contributed by atoms with Crippen LogP contribution in [0, 0.1) is 10.3 Å². The average Bonchev–Trinajstić information content (AvgIpc) is 3.27. The molecule has 1 aliphatic heterocycles. The fourth-order valence-corrected chi connectivity index (χ4v) is 4.69. The van der Waals surface area contributed by atoms with Crippen molar-refractivity contribution in [1.82, 2.24) is 9.88 Å². The van der Waals surface area contributed by atoms with E-state index < -0.39 is 5.91 Å². The number of ether oxygens (including phenoxy) is 1. The number of nitrogens with zero attached hydrogens (tertiary/aromatic N) is 3. The Hall–Kier alpha value is -1.74. The number of rotatable bonds is 11. The largest absolute Gasteiger partial charge is 0.447 e. The van der Waals surface area contributed by atoms with Crippen LogP contribution in [0.1, 0.15) is 56.9 Å². The van der Waals surface area contributed by atoms with Crippen molar-refractivity contribution in [2.75, 3.05) is 18.9 Å². The summed E-state index contributed by atoms with van der Waals surface area (Å²) in [4.78, 5) is 39.3. The summed E-state index contributed by atoms with van der Waals surface area (Å²) in [5.41, 5.74) is 0.321. The molecule has 0 radical (unpaired) electrons. The zero-order chi connectivity index (χ0) is 20.6. The van der Waals surface area contributed by atoms with Gasteiger partial charge in [0.05, 0.1) is 6.04 Å². The average molecular weight is 426 g/mol. The van der Waals surface area contributed by atoms with Gasteiger partial charge in [0.2, 0.25) is 0 Å². The number of hydrogen-bond donors (Lipinski definition) is 0. The van der Waals surface area contributed by atoms with E-state index in [0.717, 1.165) is 6.42 Å². The lowest BCUT2D eigenvalue weighted by Crippen LogP contribution is -2.34. The molecule has 0 spiro atoms. The van der Waals surface area contributed by atoms with Gasteiger partial charge in [-0.1, -0.05) is 57.5 Å². The van der Waals surface area contributed by atoms with Gasteiger partial charge in [-0.3, -0.25) is 9.69 Å². The normalized spacial score (nSPS) is 17.3. The molecule has 0 aliphatic carbocycles. The number of thioether (sulfide) groups is 1. The fraction of sp³-hybridized carbons (Fsp3) is 0.632. The molecule has 2 amide bonds. The number of cyclic esters (lactones) is 1. The second-order valence-electron chi connectivity index (χ2n) is 7.48. The minimum absolute atomic E-state index is 0.0530. The standard InChI is InChI=1S/C19H27N3O4S2/c1-4-5-8-19(2,3)9-6-7-14-12-26-18(24)22(14)10-11-27-17-20-15(13-28-17)16(23)21-25/h6-7,13-14H,4-5,8-12H2,1-3H3/b7-6+/t14-/m0/s1. The van der Waals surface area contributed by atoms with Crippen LogP contribution in [0.25, 0.3) is 0 Å². The molecule has 2 rings (SSSR count). The topological polar surface area (TPSA) is 88.9 Å². The first-order chi connectivity index (χ1) is 13.4. The smallest absolute Gasteiger partial charge is 0.410 e. The summed E-state index contributed by atoms with van der Waals surface area (Å²) in [7, 11) is 0. The number of unbranched alkanes of at least 4 members (excludes halogenated alkanes) is 1. The van der Waals surface area contributed by atoms with Crippen LogP contribution in [0.2, 0.25) is 0 Å². The maximum absolute atomic E-state index is 12.0. The monoisotopic (exact) mass is 425 g/mol. The Morgan fingerprint density at radius 1 is 1.54 bits per heavy atom. The van der Waals surface area contributed by atoms with E-state index in [9.17, 15) is 14.5 Å². The summed E-state index contributed by atoms with van der Waals surface area (Å²) in [5, 5.41) is 3.88. The highest BCUT2D eigenvalue weighted by Crippen LogP contribution is 2.28. The molecule has 0 N–H and O–H groups in total. The van der Waals surface area contributed by atoms with Gasteiger partial charge in [-0.2, -0.15) is 0 Å². The Kier molecular flexibility index (Phi) is 8.62. The van der Waals surface area contributed by atoms with Gasteiger partial charge in [0, 0.05) is 22.9 Å². The van der Waals surface area contributed by atoms with E-state index in [0.29, 0.717) is 23.2 Å². The van der Waals surface area contributed by atoms with Crippen molar-refractivity contribution < 1.29 is 14.3 Å². The van der Waals surface area contributed by atoms with Gasteiger partial charge in [0.25, 0.3) is 0 Å². The Bertz CT molecular complexity index is 718. The second-order valence-corrected chi connectivity index (χ2v) is 9.68. The third-order valence-corrected chi connectivity index (χ3v) is 6.59. The van der Waals surface area contributed by atoms with Crippen molar-refractivity contribution in [2.24, 2.45) is 10.6 Å². The maximum Gasteiger partial charge on any atom is 0.410 e. The van der Waals surface area contributed by atoms with Crippen molar-refractivity contribution in [3.63, 3.8) is 0 Å². The minimum Gasteiger partial charge on any atom is -0.447 e. The molecule has 0 saturated carbocycles. The third kappa shape index (κ3) is 6.70. The number of amides is 2. The lowest BCUT2D eigenvalue weighted by molar-refractivity contribution is 0.0996. The van der Waals surface area contributed by atoms with Crippen LogP contribution in [-0.2, 0) is 4.74 Å². The minimum atomic E-state index is -0.863. The predicted octanol–water partition coefficient (Wildman–Crippen LogP) is 5.13. The zero-order valence-corrected chi connectivity index (χ0v) is 18.2. The number of hydrogen-bond acceptors (Lipinski definition) is 7. The van der Waals surface area contributed by atoms with Crippen molar-refractivity contribution in [3.05, 3.63) is 28.1 Å². The van der Waals surface area contributed by atoms with Gasteiger partial charge >= 0.3 is 12.0 Å². The first-order valence-electron chi connectivity index (χ1n) is 9.42. The molecule has 2 heterocycles. The van der Waals surface area contributed by atoms with Crippen LogP contribution in [0.15, 0.2) is 27.0 Å². The quantitative estimate of drug-likeness (QED) is 0.277. The second kappa shape index (κ2) is 10.7. The number of aromatic nitrogens is 1. The van der Waals surface area contributed by atoms with Crippen molar-refractivity contribution in [1.29, 1.82) is 0 Å². The molecule has 1 atom stereocenters. The molecule has 1 aliphatic rings. The van der Waals surface area contributed by atoms with Gasteiger partial charge in [-0.25, -0.2) is 9.78 Å². The summed E-state index contributed by atoms with van der Waals surface area (Å²) in [6, 6.07) is -0.0530. The zero-order valence-electron chi connectivity index (χ0n) is 16.6. The van der Waals surface area contributed by atoms with E-state index in [1.165, 1.54) is 47.7 Å². The SMILES string of the molecule is CCCCC(C)(C)C/C=C/[C@H]1COC(=O)N1CCSc1nc(C(=O)N=O)cs1. The van der Waals surface area contributed by atoms with Gasteiger partial charge in [0.15, 0.2) is 4.34 Å². The van der Waals surface area contributed by atoms with Crippen LogP contribution in [-0.4, -0.2) is 46.8 Å². The van der Waals surface area contributed by atoms with Gasteiger partial charge in [-0.15, -0.1) is 16.2 Å². The van der Waals surface area contributed by atoms with E-state index >= 15 is 0 Å². The van der Waals surface area contributed by atoms with Gasteiger partial charge < -0.3 is 4.74 Å². The van der Waals surface area contributed by atoms with E-state index in [-0.39, 0.29) is 23.2 Å². The molecule has 7 nitrogen and oxygen atoms in total. The van der Waals surface area contributed by atoms with Gasteiger partial charge in [-0.05, 0) is 18.3 Å². The summed E-state index contributed by atoms with van der Waals surface area (Å²) < 4.78 is 5.87. The predicted molar refractivity (Wildman–Crippen MR) is 112 cm³/mol. The highest BCUT2D eigenvalue weighted by Gasteiger charge is 2.30. The Morgan fingerprint density at radius 3 is 3.04 bits per heavy atom. The van der Waals surface area contributed by atoms with Crippen molar-refractivity contribution in [3.8, 4) is 0 Å². The number of nitroso groups, excluding NO2 is 1. The Labute approximate surface area is 173 Å². The Morgan fingerprint density at radius 2 is 2.32 bits per heavy atom. The van der Waals surface area contributed by atoms with Gasteiger partial charge in [0.1, 0.15) is 12.3 Å². The lowest BCUT2D eigenvalue weighted by Gasteiger charge is -2.23. The molecule has 1 fully saturated rings. The maximum atomic E-state index is 12.0. The molecule has 0 aromatic carbocycles. The van der Waals surface area contributed by atoms with Crippen molar-refractivity contribution in [2.45, 2.75) is 56.8 Å². The molecule has 28 heavy (non-hydrogen) atoms. The lowest BCUT2D eigenvalue weighted by atomic mass is 9.84. The molecular formula is C19H27N3O4S2. The number of carbonyl (C=O) groups is 2. The molecule has 0 bridgehead atoms. The molecule has 1 saturated heterocycles. The molecule has 9 heteroatoms. The highest BCUT2D eigenvalue weighted by atomic mass is 32.2. The van der Waals surface area contributed by atoms with Crippen LogP contribution < -0.4 is 0 Å². The summed E-state index contributed by atoms with van der Waals surface area (Å²) in [5.74, 6) is -0.241. The van der Waals surface area contributed by atoms with Crippen LogP contribution >= 0.6 is 23.1 Å². The first kappa shape index (κ1) is 22.5. The number of thiazole rings is 1. The fourth-order valence-electron chi connectivity index (χ4n) is 2.88. The third-order valence-electron chi connectivity index (χ3n) is 4.59.